The van der Waals surface area contributed by atoms with Gasteiger partial charge in [-0.15, -0.1) is 0 Å². The Hall–Kier alpha value is -2.01. The van der Waals surface area contributed by atoms with Crippen LogP contribution < -0.4 is 15.8 Å². The molecule has 126 valence electrons. The molecule has 1 amide bonds. The Bertz CT molecular complexity index is 618. The van der Waals surface area contributed by atoms with E-state index >= 15 is 0 Å². The predicted molar refractivity (Wildman–Crippen MR) is 93.5 cm³/mol. The molecule has 5 heteroatoms. The molecule has 4 N–H and O–H groups in total. The third kappa shape index (κ3) is 4.48. The van der Waals surface area contributed by atoms with E-state index in [-0.39, 0.29) is 11.8 Å². The molecule has 0 aliphatic carbocycles. The van der Waals surface area contributed by atoms with Crippen molar-refractivity contribution in [2.24, 2.45) is 11.7 Å². The van der Waals surface area contributed by atoms with Crippen LogP contribution in [0.2, 0.25) is 0 Å². The van der Waals surface area contributed by atoms with Crippen LogP contribution in [0.3, 0.4) is 0 Å². The van der Waals surface area contributed by atoms with Crippen molar-refractivity contribution in [2.45, 2.75) is 39.2 Å². The minimum Gasteiger partial charge on any atom is -0.480 e. The van der Waals surface area contributed by atoms with Crippen LogP contribution in [0.4, 0.5) is 0 Å². The summed E-state index contributed by atoms with van der Waals surface area (Å²) in [7, 11) is 0. The molecule has 0 saturated carbocycles. The number of carbonyl (C=O) groups excluding carboxylic acids is 1. The second-order valence-corrected chi connectivity index (χ2v) is 5.79. The molecule has 5 nitrogen and oxygen atoms in total. The van der Waals surface area contributed by atoms with E-state index in [1.807, 2.05) is 37.4 Å². The number of nitrogens with one attached hydrogen (secondary N) is 2. The number of aromatic amines is 1. The number of benzene rings is 1. The lowest BCUT2D eigenvalue weighted by Gasteiger charge is -2.26. The SMILES string of the molecule is CCCC(CCN)C(Oc1ccc2[nH]ccc2c1)C(=O)NCC. The number of ether oxygens (including phenoxy) is 1. The van der Waals surface area contributed by atoms with Gasteiger partial charge in [-0.3, -0.25) is 4.79 Å². The van der Waals surface area contributed by atoms with Gasteiger partial charge in [0.15, 0.2) is 6.10 Å². The number of hydrogen-bond donors (Lipinski definition) is 3. The van der Waals surface area contributed by atoms with Crippen LogP contribution in [0.5, 0.6) is 5.75 Å². The van der Waals surface area contributed by atoms with E-state index < -0.39 is 6.10 Å². The number of fused-ring (bicyclic) bond motifs is 1. The van der Waals surface area contributed by atoms with Crippen LogP contribution >= 0.6 is 0 Å². The van der Waals surface area contributed by atoms with Gasteiger partial charge < -0.3 is 20.8 Å². The van der Waals surface area contributed by atoms with Crippen molar-refractivity contribution in [1.82, 2.24) is 10.3 Å². The van der Waals surface area contributed by atoms with E-state index in [1.54, 1.807) is 0 Å². The minimum absolute atomic E-state index is 0.0615. The smallest absolute Gasteiger partial charge is 0.261 e. The highest BCUT2D eigenvalue weighted by Crippen LogP contribution is 2.25. The number of likely N-dealkylation sites (N-methyl/N-ethyl adjacent to an activating group) is 1. The summed E-state index contributed by atoms with van der Waals surface area (Å²) >= 11 is 0. The van der Waals surface area contributed by atoms with Gasteiger partial charge in [-0.1, -0.05) is 13.3 Å². The summed E-state index contributed by atoms with van der Waals surface area (Å²) in [6, 6.07) is 7.82. The van der Waals surface area contributed by atoms with Crippen molar-refractivity contribution in [3.05, 3.63) is 30.5 Å². The lowest BCUT2D eigenvalue weighted by molar-refractivity contribution is -0.130. The first-order valence-corrected chi connectivity index (χ1v) is 8.41. The van der Waals surface area contributed by atoms with Crippen LogP contribution in [0.1, 0.15) is 33.1 Å². The molecule has 0 spiro atoms. The highest BCUT2D eigenvalue weighted by Gasteiger charge is 2.29. The maximum atomic E-state index is 12.5. The largest absolute Gasteiger partial charge is 0.480 e. The Balaban J connectivity index is 2.22. The Labute approximate surface area is 137 Å². The molecule has 2 aromatic rings. The molecule has 23 heavy (non-hydrogen) atoms. The number of hydrogen-bond acceptors (Lipinski definition) is 3. The summed E-state index contributed by atoms with van der Waals surface area (Å²) in [5.41, 5.74) is 6.79. The van der Waals surface area contributed by atoms with Crippen molar-refractivity contribution in [3.63, 3.8) is 0 Å². The lowest BCUT2D eigenvalue weighted by Crippen LogP contribution is -2.43. The van der Waals surface area contributed by atoms with Crippen LogP contribution in [-0.4, -0.2) is 30.1 Å². The van der Waals surface area contributed by atoms with E-state index in [0.717, 1.165) is 30.2 Å². The molecule has 1 heterocycles. The third-order valence-corrected chi connectivity index (χ3v) is 4.02. The van der Waals surface area contributed by atoms with Gasteiger partial charge in [0.2, 0.25) is 0 Å². The van der Waals surface area contributed by atoms with E-state index in [4.69, 9.17) is 10.5 Å². The van der Waals surface area contributed by atoms with Gasteiger partial charge in [-0.25, -0.2) is 0 Å². The molecule has 2 atom stereocenters. The fourth-order valence-electron chi connectivity index (χ4n) is 2.92. The Kier molecular flexibility index (Phi) is 6.47. The van der Waals surface area contributed by atoms with Gasteiger partial charge in [0.25, 0.3) is 5.91 Å². The van der Waals surface area contributed by atoms with Crippen LogP contribution in [0.25, 0.3) is 10.9 Å². The Morgan fingerprint density at radius 1 is 1.30 bits per heavy atom. The normalized spacial score (nSPS) is 13.7. The number of nitrogens with two attached hydrogens (primary N) is 1. The fourth-order valence-corrected chi connectivity index (χ4v) is 2.92. The molecule has 1 aromatic carbocycles. The highest BCUT2D eigenvalue weighted by atomic mass is 16.5. The van der Waals surface area contributed by atoms with Crippen molar-refractivity contribution in [1.29, 1.82) is 0 Å². The van der Waals surface area contributed by atoms with Crippen LogP contribution in [0.15, 0.2) is 30.5 Å². The first-order chi connectivity index (χ1) is 11.2. The van der Waals surface area contributed by atoms with Gasteiger partial charge in [-0.05, 0) is 50.6 Å². The summed E-state index contributed by atoms with van der Waals surface area (Å²) in [5.74, 6) is 0.776. The summed E-state index contributed by atoms with van der Waals surface area (Å²) in [5, 5.41) is 3.96. The molecule has 0 aliphatic heterocycles. The van der Waals surface area contributed by atoms with Gasteiger partial charge >= 0.3 is 0 Å². The van der Waals surface area contributed by atoms with Crippen molar-refractivity contribution >= 4 is 16.8 Å². The molecule has 2 unspecified atom stereocenters. The zero-order valence-electron chi connectivity index (χ0n) is 14.0. The van der Waals surface area contributed by atoms with Crippen LogP contribution in [0, 0.1) is 5.92 Å². The first-order valence-electron chi connectivity index (χ1n) is 8.41. The molecule has 0 aliphatic rings. The number of carbonyl (C=O) groups is 1. The summed E-state index contributed by atoms with van der Waals surface area (Å²) < 4.78 is 6.09. The number of amides is 1. The molecule has 0 saturated heterocycles. The standard InChI is InChI=1S/C18H27N3O2/c1-3-5-13(8-10-19)17(18(22)20-4-2)23-15-6-7-16-14(12-15)9-11-21-16/h6-7,9,11-13,17,21H,3-5,8,10,19H2,1-2H3,(H,20,22). The fraction of sp³-hybridized carbons (Fsp3) is 0.500. The van der Waals surface area contributed by atoms with Crippen molar-refractivity contribution in [2.75, 3.05) is 13.1 Å². The van der Waals surface area contributed by atoms with E-state index in [9.17, 15) is 4.79 Å². The average molecular weight is 317 g/mol. The summed E-state index contributed by atoms with van der Waals surface area (Å²) in [6.07, 6.45) is 4.09. The zero-order chi connectivity index (χ0) is 16.7. The van der Waals surface area contributed by atoms with Crippen molar-refractivity contribution in [3.8, 4) is 5.75 Å². The Morgan fingerprint density at radius 2 is 2.13 bits per heavy atom. The maximum Gasteiger partial charge on any atom is 0.261 e. The quantitative estimate of drug-likeness (QED) is 0.665. The number of aromatic nitrogens is 1. The molecule has 0 bridgehead atoms. The minimum atomic E-state index is -0.505. The van der Waals surface area contributed by atoms with Gasteiger partial charge in [0.05, 0.1) is 0 Å². The number of rotatable bonds is 9. The van der Waals surface area contributed by atoms with Crippen molar-refractivity contribution < 1.29 is 9.53 Å². The molecule has 0 radical (unpaired) electrons. The second kappa shape index (κ2) is 8.58. The Morgan fingerprint density at radius 3 is 2.83 bits per heavy atom. The molecule has 0 fully saturated rings. The number of H-pyrrole nitrogens is 1. The first kappa shape index (κ1) is 17.3. The zero-order valence-corrected chi connectivity index (χ0v) is 14.0. The summed E-state index contributed by atoms with van der Waals surface area (Å²) in [4.78, 5) is 15.6. The molecular formula is C18H27N3O2. The molecule has 2 rings (SSSR count). The third-order valence-electron chi connectivity index (χ3n) is 4.02. The molecule has 1 aromatic heterocycles. The van der Waals surface area contributed by atoms with Gasteiger partial charge in [0, 0.05) is 29.6 Å². The van der Waals surface area contributed by atoms with E-state index in [0.29, 0.717) is 18.8 Å². The van der Waals surface area contributed by atoms with Gasteiger partial charge in [-0.2, -0.15) is 0 Å². The topological polar surface area (TPSA) is 80.1 Å². The van der Waals surface area contributed by atoms with Gasteiger partial charge in [0.1, 0.15) is 5.75 Å². The average Bonchev–Trinajstić information content (AvgIpc) is 3.00. The molecular weight excluding hydrogens is 290 g/mol. The summed E-state index contributed by atoms with van der Waals surface area (Å²) in [6.45, 7) is 5.18. The highest BCUT2D eigenvalue weighted by molar-refractivity contribution is 5.83. The lowest BCUT2D eigenvalue weighted by atomic mass is 9.92. The maximum absolute atomic E-state index is 12.5. The van der Waals surface area contributed by atoms with Crippen LogP contribution in [-0.2, 0) is 4.79 Å². The second-order valence-electron chi connectivity index (χ2n) is 5.79. The predicted octanol–water partition coefficient (Wildman–Crippen LogP) is 2.82. The monoisotopic (exact) mass is 317 g/mol. The van der Waals surface area contributed by atoms with E-state index in [2.05, 4.69) is 17.2 Å². The van der Waals surface area contributed by atoms with E-state index in [1.165, 1.54) is 0 Å².